The minimum absolute atomic E-state index is 0.122. The Balaban J connectivity index is 0.000000877. The summed E-state index contributed by atoms with van der Waals surface area (Å²) >= 11 is 1.90. The van der Waals surface area contributed by atoms with Gasteiger partial charge in [0.15, 0.2) is 0 Å². The predicted molar refractivity (Wildman–Crippen MR) is 151 cm³/mol. The van der Waals surface area contributed by atoms with Gasteiger partial charge < -0.3 is 15.2 Å². The van der Waals surface area contributed by atoms with Crippen molar-refractivity contribution in [3.63, 3.8) is 0 Å². The van der Waals surface area contributed by atoms with Crippen LogP contribution >= 0.6 is 11.8 Å². The van der Waals surface area contributed by atoms with E-state index < -0.39 is 10.1 Å². The molecule has 0 radical (unpaired) electrons. The lowest BCUT2D eigenvalue weighted by Crippen LogP contribution is -2.03. The first-order chi connectivity index (χ1) is 17.8. The van der Waals surface area contributed by atoms with E-state index in [4.69, 9.17) is 19.4 Å². The lowest BCUT2D eigenvalue weighted by Gasteiger charge is -2.08. The number of hydrogen-bond donors (Lipinski definition) is 1. The number of pyridine rings is 1. The zero-order valence-electron chi connectivity index (χ0n) is 21.8. The third kappa shape index (κ3) is 11.4. The lowest BCUT2D eigenvalue weighted by molar-refractivity contribution is 0.143. The number of nitrogens with zero attached hydrogens (tertiary/aromatic N) is 3. The number of ether oxygens (including phenoxy) is 2. The van der Waals surface area contributed by atoms with Crippen LogP contribution in [0, 0.1) is 0 Å². The second kappa shape index (κ2) is 16.1. The number of benzene rings is 1. The van der Waals surface area contributed by atoms with Crippen LogP contribution < -0.4 is 10.5 Å². The maximum absolute atomic E-state index is 11.2. The summed E-state index contributed by atoms with van der Waals surface area (Å²) in [5, 5.41) is 4.32. The number of fused-ring (bicyclic) bond motifs is 1. The number of thioether (sulfide) groups is 1. The van der Waals surface area contributed by atoms with Crippen molar-refractivity contribution < 1.29 is 22.1 Å². The first kappa shape index (κ1) is 30.4. The molecule has 1 aromatic carbocycles. The molecule has 0 aliphatic carbocycles. The quantitative estimate of drug-likeness (QED) is 0.180. The molecule has 202 valence electrons. The van der Waals surface area contributed by atoms with Crippen LogP contribution in [-0.2, 0) is 25.6 Å². The van der Waals surface area contributed by atoms with Crippen LogP contribution in [0.3, 0.4) is 0 Å². The average Bonchev–Trinajstić information content (AvgIpc) is 3.28. The van der Waals surface area contributed by atoms with E-state index in [-0.39, 0.29) is 13.3 Å². The van der Waals surface area contributed by atoms with E-state index in [2.05, 4.69) is 23.3 Å². The first-order valence-corrected chi connectivity index (χ1v) is 15.1. The summed E-state index contributed by atoms with van der Waals surface area (Å²) < 4.78 is 40.1. The van der Waals surface area contributed by atoms with Crippen molar-refractivity contribution in [1.82, 2.24) is 9.61 Å². The van der Waals surface area contributed by atoms with Crippen molar-refractivity contribution in [2.45, 2.75) is 33.3 Å². The van der Waals surface area contributed by atoms with E-state index >= 15 is 0 Å². The fraction of sp³-hybridized carbons (Fsp3) is 0.385. The highest BCUT2D eigenvalue weighted by molar-refractivity contribution is 7.98. The van der Waals surface area contributed by atoms with Gasteiger partial charge in [-0.3, -0.25) is 9.18 Å². The van der Waals surface area contributed by atoms with Crippen molar-refractivity contribution in [3.8, 4) is 11.5 Å². The van der Waals surface area contributed by atoms with Gasteiger partial charge in [0.25, 0.3) is 10.1 Å². The van der Waals surface area contributed by atoms with Crippen LogP contribution in [-0.4, -0.2) is 55.3 Å². The summed E-state index contributed by atoms with van der Waals surface area (Å²) in [6.45, 7) is 5.04. The van der Waals surface area contributed by atoms with Crippen LogP contribution in [0.5, 0.6) is 11.5 Å². The molecule has 0 bridgehead atoms. The molecular formula is C26H36N4O5S2. The SMILES string of the molecule is CCCOC/N=C(/C=C\N)c1ccc(Oc2ccc3cc(COS(C)(=O)=O)nn3c2)cc1.CCCSC. The Hall–Kier alpha value is -2.86. The predicted octanol–water partition coefficient (Wildman–Crippen LogP) is 5.01. The molecule has 2 heterocycles. The fourth-order valence-corrected chi connectivity index (χ4v) is 3.75. The highest BCUT2D eigenvalue weighted by Gasteiger charge is 2.08. The smallest absolute Gasteiger partial charge is 0.264 e. The number of nitrogens with two attached hydrogens (primary N) is 1. The average molecular weight is 549 g/mol. The van der Waals surface area contributed by atoms with Crippen LogP contribution in [0.15, 0.2) is 65.9 Å². The molecule has 0 fully saturated rings. The number of aliphatic imine (C=N–C) groups is 1. The van der Waals surface area contributed by atoms with Crippen LogP contribution in [0.1, 0.15) is 37.9 Å². The highest BCUT2D eigenvalue weighted by atomic mass is 32.2. The summed E-state index contributed by atoms with van der Waals surface area (Å²) in [5.74, 6) is 2.52. The van der Waals surface area contributed by atoms with Crippen LogP contribution in [0.25, 0.3) is 5.52 Å². The largest absolute Gasteiger partial charge is 0.456 e. The van der Waals surface area contributed by atoms with Crippen molar-refractivity contribution in [3.05, 3.63) is 72.2 Å². The van der Waals surface area contributed by atoms with Crippen molar-refractivity contribution in [1.29, 1.82) is 0 Å². The van der Waals surface area contributed by atoms with Gasteiger partial charge in [0.05, 0.1) is 29.4 Å². The van der Waals surface area contributed by atoms with Crippen molar-refractivity contribution in [2.75, 3.05) is 31.6 Å². The molecule has 2 N–H and O–H groups in total. The summed E-state index contributed by atoms with van der Waals surface area (Å²) in [7, 11) is -3.53. The maximum atomic E-state index is 11.2. The van der Waals surface area contributed by atoms with E-state index in [1.54, 1.807) is 28.9 Å². The lowest BCUT2D eigenvalue weighted by atomic mass is 10.1. The number of aromatic nitrogens is 2. The Morgan fingerprint density at radius 2 is 1.86 bits per heavy atom. The molecule has 0 unspecified atom stereocenters. The molecule has 3 aromatic rings. The molecule has 0 aliphatic heterocycles. The van der Waals surface area contributed by atoms with E-state index in [1.807, 2.05) is 49.0 Å². The molecular weight excluding hydrogens is 512 g/mol. The van der Waals surface area contributed by atoms with Gasteiger partial charge in [0.1, 0.15) is 24.8 Å². The molecule has 0 saturated heterocycles. The Kier molecular flexibility index (Phi) is 13.2. The van der Waals surface area contributed by atoms with E-state index in [0.29, 0.717) is 23.8 Å². The molecule has 0 spiro atoms. The molecule has 0 amide bonds. The Bertz CT molecular complexity index is 1250. The van der Waals surface area contributed by atoms with Crippen molar-refractivity contribution >= 4 is 33.1 Å². The van der Waals surface area contributed by atoms with Crippen LogP contribution in [0.2, 0.25) is 0 Å². The Morgan fingerprint density at radius 3 is 2.46 bits per heavy atom. The monoisotopic (exact) mass is 548 g/mol. The number of rotatable bonds is 13. The van der Waals surface area contributed by atoms with Gasteiger partial charge in [-0.25, -0.2) is 4.52 Å². The molecule has 0 saturated carbocycles. The second-order valence-electron chi connectivity index (χ2n) is 7.90. The number of hydrogen-bond acceptors (Lipinski definition) is 9. The minimum atomic E-state index is -3.53. The standard InChI is InChI=1S/C22H26N4O5S.C4H10S/c1-3-12-29-16-24-22(10-11-23)17-4-7-20(8-5-17)31-21-9-6-19-13-18(25-26(19)14-21)15-30-32(2,27)28;1-3-4-5-2/h4-11,13-14H,3,12,15-16,23H2,1-2H3;3-4H2,1-2H3/b11-10-,24-22-;. The van der Waals surface area contributed by atoms with Gasteiger partial charge in [-0.15, -0.1) is 0 Å². The molecule has 37 heavy (non-hydrogen) atoms. The molecule has 2 aromatic heterocycles. The van der Waals surface area contributed by atoms with Crippen LogP contribution in [0.4, 0.5) is 0 Å². The Morgan fingerprint density at radius 1 is 1.14 bits per heavy atom. The second-order valence-corrected chi connectivity index (χ2v) is 10.5. The van der Waals surface area contributed by atoms with E-state index in [9.17, 15) is 8.42 Å². The summed E-state index contributed by atoms with van der Waals surface area (Å²) in [6.07, 6.45) is 10.2. The molecule has 11 heteroatoms. The molecule has 0 aliphatic rings. The maximum Gasteiger partial charge on any atom is 0.264 e. The van der Waals surface area contributed by atoms with Gasteiger partial charge in [0.2, 0.25) is 0 Å². The van der Waals surface area contributed by atoms with Gasteiger partial charge >= 0.3 is 0 Å². The topological polar surface area (TPSA) is 118 Å². The molecule has 3 rings (SSSR count). The third-order valence-electron chi connectivity index (χ3n) is 4.63. The first-order valence-electron chi connectivity index (χ1n) is 11.9. The minimum Gasteiger partial charge on any atom is -0.456 e. The zero-order chi connectivity index (χ0) is 27.1. The van der Waals surface area contributed by atoms with Gasteiger partial charge in [-0.05, 0) is 79.6 Å². The Labute approximate surface area is 223 Å². The fourth-order valence-electron chi connectivity index (χ4n) is 3.01. The summed E-state index contributed by atoms with van der Waals surface area (Å²) in [4.78, 5) is 4.43. The molecule has 0 atom stereocenters. The van der Waals surface area contributed by atoms with Crippen molar-refractivity contribution in [2.24, 2.45) is 10.7 Å². The van der Waals surface area contributed by atoms with E-state index in [1.165, 1.54) is 18.4 Å². The highest BCUT2D eigenvalue weighted by Crippen LogP contribution is 2.23. The normalized spacial score (nSPS) is 12.1. The van der Waals surface area contributed by atoms with Gasteiger partial charge in [0, 0.05) is 12.2 Å². The summed E-state index contributed by atoms with van der Waals surface area (Å²) in [5.41, 5.74) is 8.44. The molecule has 9 nitrogen and oxygen atoms in total. The zero-order valence-corrected chi connectivity index (χ0v) is 23.4. The third-order valence-corrected chi connectivity index (χ3v) is 5.99. The van der Waals surface area contributed by atoms with Gasteiger partial charge in [-0.1, -0.05) is 13.8 Å². The van der Waals surface area contributed by atoms with E-state index in [0.717, 1.165) is 29.5 Å². The van der Waals surface area contributed by atoms with Gasteiger partial charge in [-0.2, -0.15) is 25.3 Å². The number of allylic oxidation sites excluding steroid dienone is 1. The summed E-state index contributed by atoms with van der Waals surface area (Å²) in [6, 6.07) is 12.8.